The highest BCUT2D eigenvalue weighted by molar-refractivity contribution is 6.28. The first-order valence-electron chi connectivity index (χ1n) is 6.52. The van der Waals surface area contributed by atoms with Crippen LogP contribution in [-0.2, 0) is 6.54 Å². The van der Waals surface area contributed by atoms with Crippen LogP contribution in [0.15, 0.2) is 30.6 Å². The number of imidazole rings is 1. The van der Waals surface area contributed by atoms with E-state index >= 15 is 0 Å². The zero-order valence-electron chi connectivity index (χ0n) is 11.6. The van der Waals surface area contributed by atoms with E-state index in [1.807, 2.05) is 0 Å². The lowest BCUT2D eigenvalue weighted by molar-refractivity contribution is 0.150. The van der Waals surface area contributed by atoms with Crippen LogP contribution in [0.1, 0.15) is 17.6 Å². The number of alkyl halides is 2. The van der Waals surface area contributed by atoms with Crippen LogP contribution in [0.25, 0.3) is 11.2 Å². The SMILES string of the molecule is CNc1nc(Cl)nc2c1ncn2Cc1ccccc1C(F)F. The van der Waals surface area contributed by atoms with Crippen LogP contribution in [0.4, 0.5) is 14.6 Å². The number of hydrogen-bond donors (Lipinski definition) is 1. The van der Waals surface area contributed by atoms with Gasteiger partial charge in [-0.05, 0) is 17.2 Å². The van der Waals surface area contributed by atoms with Crippen molar-refractivity contribution in [1.29, 1.82) is 0 Å². The second-order valence-electron chi connectivity index (χ2n) is 4.64. The van der Waals surface area contributed by atoms with Gasteiger partial charge in [0.2, 0.25) is 5.28 Å². The van der Waals surface area contributed by atoms with E-state index in [2.05, 4.69) is 20.3 Å². The second kappa shape index (κ2) is 5.84. The normalized spacial score (nSPS) is 11.3. The highest BCUT2D eigenvalue weighted by atomic mass is 35.5. The molecule has 22 heavy (non-hydrogen) atoms. The molecule has 3 rings (SSSR count). The third kappa shape index (κ3) is 2.59. The number of rotatable bonds is 4. The van der Waals surface area contributed by atoms with E-state index in [-0.39, 0.29) is 17.4 Å². The van der Waals surface area contributed by atoms with Crippen molar-refractivity contribution in [3.8, 4) is 0 Å². The lowest BCUT2D eigenvalue weighted by Crippen LogP contribution is -2.04. The van der Waals surface area contributed by atoms with Crippen LogP contribution >= 0.6 is 11.6 Å². The molecule has 0 unspecified atom stereocenters. The maximum atomic E-state index is 13.1. The number of anilines is 1. The minimum absolute atomic E-state index is 0.00153. The van der Waals surface area contributed by atoms with Crippen molar-refractivity contribution in [2.45, 2.75) is 13.0 Å². The number of fused-ring (bicyclic) bond motifs is 1. The average molecular weight is 324 g/mol. The zero-order valence-corrected chi connectivity index (χ0v) is 12.3. The number of benzene rings is 1. The Morgan fingerprint density at radius 3 is 2.77 bits per heavy atom. The summed E-state index contributed by atoms with van der Waals surface area (Å²) >= 11 is 5.89. The Morgan fingerprint density at radius 1 is 1.27 bits per heavy atom. The number of hydrogen-bond acceptors (Lipinski definition) is 4. The smallest absolute Gasteiger partial charge is 0.264 e. The fraction of sp³-hybridized carbons (Fsp3) is 0.214. The Morgan fingerprint density at radius 2 is 2.05 bits per heavy atom. The van der Waals surface area contributed by atoms with Gasteiger partial charge in [0.1, 0.15) is 0 Å². The molecule has 0 radical (unpaired) electrons. The topological polar surface area (TPSA) is 55.6 Å². The first kappa shape index (κ1) is 14.6. The van der Waals surface area contributed by atoms with Crippen LogP contribution < -0.4 is 5.32 Å². The lowest BCUT2D eigenvalue weighted by atomic mass is 10.1. The Bertz CT molecular complexity index is 818. The summed E-state index contributed by atoms with van der Waals surface area (Å²) in [7, 11) is 1.70. The van der Waals surface area contributed by atoms with Crippen LogP contribution in [0.3, 0.4) is 0 Å². The van der Waals surface area contributed by atoms with Crippen molar-refractivity contribution in [3.05, 3.63) is 47.0 Å². The number of nitrogens with zero attached hydrogens (tertiary/aromatic N) is 4. The second-order valence-corrected chi connectivity index (χ2v) is 4.97. The summed E-state index contributed by atoms with van der Waals surface area (Å²) in [5.41, 5.74) is 1.55. The van der Waals surface area contributed by atoms with Gasteiger partial charge in [0, 0.05) is 12.6 Å². The third-order valence-electron chi connectivity index (χ3n) is 3.30. The van der Waals surface area contributed by atoms with Crippen LogP contribution in [0, 0.1) is 0 Å². The maximum Gasteiger partial charge on any atom is 0.264 e. The molecular weight excluding hydrogens is 312 g/mol. The summed E-state index contributed by atoms with van der Waals surface area (Å²) < 4.78 is 27.8. The van der Waals surface area contributed by atoms with Gasteiger partial charge in [0.25, 0.3) is 6.43 Å². The highest BCUT2D eigenvalue weighted by Gasteiger charge is 2.15. The molecule has 5 nitrogen and oxygen atoms in total. The van der Waals surface area contributed by atoms with E-state index in [0.717, 1.165) is 0 Å². The van der Waals surface area contributed by atoms with Crippen molar-refractivity contribution in [1.82, 2.24) is 19.5 Å². The van der Waals surface area contributed by atoms with Crippen molar-refractivity contribution < 1.29 is 8.78 Å². The van der Waals surface area contributed by atoms with Crippen LogP contribution in [0.5, 0.6) is 0 Å². The van der Waals surface area contributed by atoms with E-state index in [1.54, 1.807) is 36.1 Å². The van der Waals surface area contributed by atoms with E-state index < -0.39 is 6.43 Å². The molecule has 1 N–H and O–H groups in total. The van der Waals surface area contributed by atoms with Gasteiger partial charge in [0.05, 0.1) is 12.9 Å². The number of aromatic nitrogens is 4. The standard InChI is InChI=1S/C14H12ClF2N5/c1-18-12-10-13(21-14(15)20-12)22(7-19-10)6-8-4-2-3-5-9(8)11(16)17/h2-5,7,11H,6H2,1H3,(H,18,20,21). The number of nitrogens with one attached hydrogen (secondary N) is 1. The van der Waals surface area contributed by atoms with E-state index in [4.69, 9.17) is 11.6 Å². The number of halogens is 3. The summed E-state index contributed by atoms with van der Waals surface area (Å²) in [5.74, 6) is 0.496. The van der Waals surface area contributed by atoms with Crippen molar-refractivity contribution >= 4 is 28.6 Å². The molecule has 8 heteroatoms. The molecule has 0 aliphatic rings. The molecule has 2 heterocycles. The Balaban J connectivity index is 2.07. The van der Waals surface area contributed by atoms with Gasteiger partial charge in [-0.3, -0.25) is 0 Å². The summed E-state index contributed by atoms with van der Waals surface area (Å²) in [6, 6.07) is 6.39. The summed E-state index contributed by atoms with van der Waals surface area (Å²) in [5, 5.41) is 2.96. The quantitative estimate of drug-likeness (QED) is 0.747. The molecule has 0 aliphatic heterocycles. The fourth-order valence-corrected chi connectivity index (χ4v) is 2.45. The van der Waals surface area contributed by atoms with E-state index in [9.17, 15) is 8.78 Å². The molecule has 1 aromatic carbocycles. The molecule has 0 saturated carbocycles. The first-order valence-corrected chi connectivity index (χ1v) is 6.90. The molecule has 0 atom stereocenters. The largest absolute Gasteiger partial charge is 0.371 e. The molecule has 114 valence electrons. The summed E-state index contributed by atoms with van der Waals surface area (Å²) in [6.07, 6.45) is -0.990. The van der Waals surface area contributed by atoms with E-state index in [1.165, 1.54) is 6.07 Å². The molecule has 0 bridgehead atoms. The molecule has 0 aliphatic carbocycles. The summed E-state index contributed by atoms with van der Waals surface area (Å²) in [4.78, 5) is 12.4. The van der Waals surface area contributed by atoms with E-state index in [0.29, 0.717) is 22.5 Å². The molecule has 0 fully saturated rings. The maximum absolute atomic E-state index is 13.1. The van der Waals surface area contributed by atoms with Gasteiger partial charge in [-0.25, -0.2) is 13.8 Å². The molecule has 0 saturated heterocycles. The predicted octanol–water partition coefficient (Wildman–Crippen LogP) is 3.51. The van der Waals surface area contributed by atoms with Crippen LogP contribution in [0.2, 0.25) is 5.28 Å². The monoisotopic (exact) mass is 323 g/mol. The van der Waals surface area contributed by atoms with Gasteiger partial charge >= 0.3 is 0 Å². The predicted molar refractivity (Wildman–Crippen MR) is 80.4 cm³/mol. The fourth-order valence-electron chi connectivity index (χ4n) is 2.28. The Labute approximate surface area is 130 Å². The van der Waals surface area contributed by atoms with Crippen molar-refractivity contribution in [2.75, 3.05) is 12.4 Å². The van der Waals surface area contributed by atoms with Crippen molar-refractivity contribution in [3.63, 3.8) is 0 Å². The lowest BCUT2D eigenvalue weighted by Gasteiger charge is -2.10. The first-order chi connectivity index (χ1) is 10.6. The Hall–Kier alpha value is -2.28. The van der Waals surface area contributed by atoms with Gasteiger partial charge in [-0.1, -0.05) is 24.3 Å². The molecule has 0 spiro atoms. The summed E-state index contributed by atoms with van der Waals surface area (Å²) in [6.45, 7) is 0.230. The zero-order chi connectivity index (χ0) is 15.7. The minimum atomic E-state index is -2.53. The van der Waals surface area contributed by atoms with Gasteiger partial charge in [0.15, 0.2) is 17.0 Å². The Kier molecular flexibility index (Phi) is 3.89. The van der Waals surface area contributed by atoms with Crippen LogP contribution in [-0.4, -0.2) is 26.6 Å². The average Bonchev–Trinajstić information content (AvgIpc) is 2.89. The molecule has 0 amide bonds. The minimum Gasteiger partial charge on any atom is -0.371 e. The molecular formula is C14H12ClF2N5. The van der Waals surface area contributed by atoms with Gasteiger partial charge < -0.3 is 9.88 Å². The van der Waals surface area contributed by atoms with Gasteiger partial charge in [-0.15, -0.1) is 0 Å². The molecule has 3 aromatic rings. The molecule has 2 aromatic heterocycles. The van der Waals surface area contributed by atoms with Crippen molar-refractivity contribution in [2.24, 2.45) is 0 Å². The third-order valence-corrected chi connectivity index (χ3v) is 3.47. The highest BCUT2D eigenvalue weighted by Crippen LogP contribution is 2.25. The van der Waals surface area contributed by atoms with Gasteiger partial charge in [-0.2, -0.15) is 9.97 Å².